The number of nitro groups is 1. The normalized spacial score (nSPS) is 10.5. The quantitative estimate of drug-likeness (QED) is 0.314. The van der Waals surface area contributed by atoms with Crippen LogP contribution in [0.5, 0.6) is 0 Å². The number of aromatic carboxylic acids is 1. The second-order valence-electron chi connectivity index (χ2n) is 5.15. The predicted octanol–water partition coefficient (Wildman–Crippen LogP) is 4.48. The number of carboxylic acids is 1. The minimum absolute atomic E-state index is 0.133. The molecule has 3 aromatic rings. The van der Waals surface area contributed by atoms with Crippen molar-refractivity contribution in [3.63, 3.8) is 0 Å². The van der Waals surface area contributed by atoms with Gasteiger partial charge in [0.05, 0.1) is 26.9 Å². The standard InChI is InChI=1S/C16H10ClIN4O4/c17-11-6-9(18)2-3-12(11)20-13-8-14(21-5-1-4-19-21)15(22(25)26)7-10(13)16(23)24/h1-8,20H,(H,23,24). The van der Waals surface area contributed by atoms with Gasteiger partial charge in [-0.3, -0.25) is 10.1 Å². The van der Waals surface area contributed by atoms with Gasteiger partial charge in [-0.05, 0) is 52.9 Å². The number of rotatable bonds is 5. The molecule has 132 valence electrons. The van der Waals surface area contributed by atoms with Crippen LogP contribution in [-0.2, 0) is 0 Å². The summed E-state index contributed by atoms with van der Waals surface area (Å²) < 4.78 is 2.21. The van der Waals surface area contributed by atoms with Crippen molar-refractivity contribution in [3.8, 4) is 5.69 Å². The molecule has 0 bridgehead atoms. The largest absolute Gasteiger partial charge is 0.478 e. The Labute approximate surface area is 165 Å². The Hall–Kier alpha value is -2.66. The molecule has 2 aromatic carbocycles. The number of halogens is 2. The minimum atomic E-state index is -1.30. The zero-order valence-electron chi connectivity index (χ0n) is 12.9. The monoisotopic (exact) mass is 484 g/mol. The molecule has 0 aliphatic heterocycles. The fourth-order valence-corrected chi connectivity index (χ4v) is 3.24. The molecule has 0 amide bonds. The van der Waals surface area contributed by atoms with E-state index in [-0.39, 0.29) is 22.6 Å². The van der Waals surface area contributed by atoms with Gasteiger partial charge in [0, 0.05) is 22.0 Å². The van der Waals surface area contributed by atoms with Gasteiger partial charge in [-0.25, -0.2) is 9.48 Å². The van der Waals surface area contributed by atoms with Gasteiger partial charge in [0.2, 0.25) is 0 Å². The Kier molecular flexibility index (Phi) is 5.09. The Balaban J connectivity index is 2.18. The third-order valence-corrected chi connectivity index (χ3v) is 4.48. The molecule has 10 heteroatoms. The molecule has 2 N–H and O–H groups in total. The van der Waals surface area contributed by atoms with E-state index in [1.165, 1.54) is 23.1 Å². The zero-order valence-corrected chi connectivity index (χ0v) is 15.8. The van der Waals surface area contributed by atoms with Gasteiger partial charge in [0.1, 0.15) is 5.69 Å². The molecule has 1 aromatic heterocycles. The molecule has 0 unspecified atom stereocenters. The van der Waals surface area contributed by atoms with Crippen LogP contribution >= 0.6 is 34.2 Å². The lowest BCUT2D eigenvalue weighted by Crippen LogP contribution is -2.08. The molecule has 0 fully saturated rings. The van der Waals surface area contributed by atoms with Gasteiger partial charge in [-0.1, -0.05) is 11.6 Å². The molecule has 0 saturated heterocycles. The summed E-state index contributed by atoms with van der Waals surface area (Å²) in [5, 5.41) is 28.2. The van der Waals surface area contributed by atoms with Crippen molar-refractivity contribution in [1.29, 1.82) is 0 Å². The smallest absolute Gasteiger partial charge is 0.338 e. The average molecular weight is 485 g/mol. The third-order valence-electron chi connectivity index (χ3n) is 3.49. The summed E-state index contributed by atoms with van der Waals surface area (Å²) in [6.07, 6.45) is 3.00. The Morgan fingerprint density at radius 1 is 1.31 bits per heavy atom. The molecule has 8 nitrogen and oxygen atoms in total. The lowest BCUT2D eigenvalue weighted by Gasteiger charge is -2.13. The molecular formula is C16H10ClIN4O4. The number of nitrogens with zero attached hydrogens (tertiary/aromatic N) is 3. The predicted molar refractivity (Wildman–Crippen MR) is 105 cm³/mol. The number of nitro benzene ring substituents is 1. The van der Waals surface area contributed by atoms with E-state index in [1.54, 1.807) is 24.3 Å². The van der Waals surface area contributed by atoms with Crippen molar-refractivity contribution >= 4 is 57.2 Å². The molecule has 0 saturated carbocycles. The summed E-state index contributed by atoms with van der Waals surface area (Å²) in [5.74, 6) is -1.30. The van der Waals surface area contributed by atoms with Crippen molar-refractivity contribution in [2.75, 3.05) is 5.32 Å². The third kappa shape index (κ3) is 3.63. The first kappa shape index (κ1) is 18.1. The number of benzene rings is 2. The van der Waals surface area contributed by atoms with E-state index in [0.29, 0.717) is 10.7 Å². The molecule has 3 rings (SSSR count). The minimum Gasteiger partial charge on any atom is -0.478 e. The maximum absolute atomic E-state index is 11.6. The van der Waals surface area contributed by atoms with Crippen LogP contribution in [-0.4, -0.2) is 25.8 Å². The zero-order chi connectivity index (χ0) is 18.8. The molecule has 0 aliphatic rings. The summed E-state index contributed by atoms with van der Waals surface area (Å²) >= 11 is 8.29. The summed E-state index contributed by atoms with van der Waals surface area (Å²) in [5.41, 5.74) is 0.160. The first-order valence-electron chi connectivity index (χ1n) is 7.14. The van der Waals surface area contributed by atoms with Gasteiger partial charge in [-0.15, -0.1) is 0 Å². The van der Waals surface area contributed by atoms with Crippen molar-refractivity contribution in [3.05, 3.63) is 73.1 Å². The maximum atomic E-state index is 11.6. The van der Waals surface area contributed by atoms with Crippen LogP contribution in [0.4, 0.5) is 17.1 Å². The van der Waals surface area contributed by atoms with E-state index in [4.69, 9.17) is 11.6 Å². The maximum Gasteiger partial charge on any atom is 0.338 e. The van der Waals surface area contributed by atoms with Crippen LogP contribution < -0.4 is 5.32 Å². The molecule has 0 radical (unpaired) electrons. The lowest BCUT2D eigenvalue weighted by molar-refractivity contribution is -0.384. The van der Waals surface area contributed by atoms with E-state index in [0.717, 1.165) is 9.64 Å². The van der Waals surface area contributed by atoms with Gasteiger partial charge < -0.3 is 10.4 Å². The number of hydrogen-bond donors (Lipinski definition) is 2. The number of carboxylic acid groups (broad SMARTS) is 1. The van der Waals surface area contributed by atoms with E-state index >= 15 is 0 Å². The molecular weight excluding hydrogens is 475 g/mol. The van der Waals surface area contributed by atoms with Gasteiger partial charge in [0.15, 0.2) is 0 Å². The van der Waals surface area contributed by atoms with E-state index in [9.17, 15) is 20.0 Å². The number of aromatic nitrogens is 2. The fourth-order valence-electron chi connectivity index (χ4n) is 2.33. The topological polar surface area (TPSA) is 110 Å². The van der Waals surface area contributed by atoms with E-state index in [1.807, 2.05) is 0 Å². The van der Waals surface area contributed by atoms with E-state index < -0.39 is 10.9 Å². The van der Waals surface area contributed by atoms with Crippen LogP contribution in [0.1, 0.15) is 10.4 Å². The van der Waals surface area contributed by atoms with E-state index in [2.05, 4.69) is 33.0 Å². The average Bonchev–Trinajstić information content (AvgIpc) is 3.11. The number of hydrogen-bond acceptors (Lipinski definition) is 5. The highest BCUT2D eigenvalue weighted by molar-refractivity contribution is 14.1. The van der Waals surface area contributed by atoms with Crippen LogP contribution in [0.2, 0.25) is 5.02 Å². The SMILES string of the molecule is O=C(O)c1cc([N+](=O)[O-])c(-n2cccn2)cc1Nc1ccc(I)cc1Cl. The Morgan fingerprint density at radius 2 is 2.08 bits per heavy atom. The second-order valence-corrected chi connectivity index (χ2v) is 6.80. The molecule has 0 spiro atoms. The summed E-state index contributed by atoms with van der Waals surface area (Å²) in [7, 11) is 0. The first-order chi connectivity index (χ1) is 12.4. The van der Waals surface area contributed by atoms with Crippen LogP contribution in [0, 0.1) is 13.7 Å². The van der Waals surface area contributed by atoms with Crippen molar-refractivity contribution in [1.82, 2.24) is 9.78 Å². The number of nitrogens with one attached hydrogen (secondary N) is 1. The first-order valence-corrected chi connectivity index (χ1v) is 8.60. The van der Waals surface area contributed by atoms with Crippen LogP contribution in [0.25, 0.3) is 5.69 Å². The van der Waals surface area contributed by atoms with Gasteiger partial charge >= 0.3 is 5.97 Å². The second kappa shape index (κ2) is 7.30. The lowest BCUT2D eigenvalue weighted by atomic mass is 10.1. The fraction of sp³-hybridized carbons (Fsp3) is 0. The molecule has 1 heterocycles. The van der Waals surface area contributed by atoms with Crippen LogP contribution in [0.15, 0.2) is 48.8 Å². The highest BCUT2D eigenvalue weighted by atomic mass is 127. The van der Waals surface area contributed by atoms with Gasteiger partial charge in [0.25, 0.3) is 5.69 Å². The van der Waals surface area contributed by atoms with Crippen molar-refractivity contribution in [2.45, 2.75) is 0 Å². The highest BCUT2D eigenvalue weighted by Gasteiger charge is 2.23. The number of anilines is 2. The summed E-state index contributed by atoms with van der Waals surface area (Å²) in [6, 6.07) is 9.19. The summed E-state index contributed by atoms with van der Waals surface area (Å²) in [6.45, 7) is 0. The van der Waals surface area contributed by atoms with Crippen LogP contribution in [0.3, 0.4) is 0 Å². The molecule has 26 heavy (non-hydrogen) atoms. The van der Waals surface area contributed by atoms with Crippen molar-refractivity contribution < 1.29 is 14.8 Å². The number of carbonyl (C=O) groups is 1. The molecule has 0 aliphatic carbocycles. The Morgan fingerprint density at radius 3 is 2.65 bits per heavy atom. The van der Waals surface area contributed by atoms with Crippen molar-refractivity contribution in [2.24, 2.45) is 0 Å². The highest BCUT2D eigenvalue weighted by Crippen LogP contribution is 2.34. The van der Waals surface area contributed by atoms with Gasteiger partial charge in [-0.2, -0.15) is 5.10 Å². The molecule has 0 atom stereocenters. The summed E-state index contributed by atoms with van der Waals surface area (Å²) in [4.78, 5) is 22.3. The Bertz CT molecular complexity index is 1010.